The van der Waals surface area contributed by atoms with E-state index in [9.17, 15) is 9.59 Å². The van der Waals surface area contributed by atoms with Crippen LogP contribution in [0.15, 0.2) is 24.3 Å². The molecule has 1 aromatic carbocycles. The Balaban J connectivity index is 2.15. The first-order chi connectivity index (χ1) is 9.90. The molecule has 2 amide bonds. The van der Waals surface area contributed by atoms with Gasteiger partial charge in [-0.15, -0.1) is 0 Å². The van der Waals surface area contributed by atoms with E-state index in [2.05, 4.69) is 27.7 Å². The minimum Gasteiger partial charge on any atom is -0.317 e. The predicted molar refractivity (Wildman–Crippen MR) is 82.2 cm³/mol. The van der Waals surface area contributed by atoms with Crippen molar-refractivity contribution in [1.82, 2.24) is 4.90 Å². The van der Waals surface area contributed by atoms with E-state index in [0.717, 1.165) is 13.1 Å². The van der Waals surface area contributed by atoms with Crippen LogP contribution in [0.1, 0.15) is 48.4 Å². The zero-order chi connectivity index (χ0) is 15.6. The van der Waals surface area contributed by atoms with E-state index < -0.39 is 0 Å². The molecule has 2 rings (SSSR count). The Morgan fingerprint density at radius 1 is 0.905 bits per heavy atom. The molecule has 0 spiro atoms. The van der Waals surface area contributed by atoms with Crippen LogP contribution in [0.2, 0.25) is 0 Å². The van der Waals surface area contributed by atoms with E-state index in [-0.39, 0.29) is 11.8 Å². The molecule has 0 aliphatic carbocycles. The molecule has 1 aromatic rings. The summed E-state index contributed by atoms with van der Waals surface area (Å²) in [5.74, 6) is 0.768. The molecule has 4 nitrogen and oxygen atoms in total. The van der Waals surface area contributed by atoms with Crippen molar-refractivity contribution in [3.8, 4) is 0 Å². The molecular weight excluding hydrogens is 264 g/mol. The molecule has 114 valence electrons. The van der Waals surface area contributed by atoms with Crippen molar-refractivity contribution in [2.75, 3.05) is 19.8 Å². The quantitative estimate of drug-likeness (QED) is 0.805. The van der Waals surface area contributed by atoms with Crippen molar-refractivity contribution in [2.45, 2.75) is 27.7 Å². The third-order valence-electron chi connectivity index (χ3n) is 3.65. The summed E-state index contributed by atoms with van der Waals surface area (Å²) in [6.07, 6.45) is 0. The molecule has 21 heavy (non-hydrogen) atoms. The van der Waals surface area contributed by atoms with Crippen LogP contribution in [0.5, 0.6) is 0 Å². The number of imide groups is 1. The lowest BCUT2D eigenvalue weighted by Crippen LogP contribution is -3.14. The summed E-state index contributed by atoms with van der Waals surface area (Å²) >= 11 is 0. The average molecular weight is 289 g/mol. The standard InChI is InChI=1S/C17H24N2O2/c1-12(2)9-18(10-13(3)4)11-19-16(20)14-7-5-6-8-15(14)17(19)21/h5-8,12-13H,9-11H2,1-4H3/p+1. The van der Waals surface area contributed by atoms with E-state index >= 15 is 0 Å². The Morgan fingerprint density at radius 3 is 1.71 bits per heavy atom. The Kier molecular flexibility index (Phi) is 4.78. The first-order valence-electron chi connectivity index (χ1n) is 7.69. The number of benzene rings is 1. The summed E-state index contributed by atoms with van der Waals surface area (Å²) in [5.41, 5.74) is 1.08. The lowest BCUT2D eigenvalue weighted by molar-refractivity contribution is -0.913. The molecule has 1 aliphatic rings. The van der Waals surface area contributed by atoms with E-state index in [1.807, 2.05) is 0 Å². The van der Waals surface area contributed by atoms with Gasteiger partial charge in [-0.25, -0.2) is 4.90 Å². The molecule has 0 saturated heterocycles. The van der Waals surface area contributed by atoms with Gasteiger partial charge in [0.1, 0.15) is 0 Å². The maximum Gasteiger partial charge on any atom is 0.265 e. The van der Waals surface area contributed by atoms with Gasteiger partial charge in [-0.3, -0.25) is 9.59 Å². The maximum atomic E-state index is 12.4. The number of carbonyl (C=O) groups excluding carboxylic acids is 2. The number of carbonyl (C=O) groups is 2. The highest BCUT2D eigenvalue weighted by atomic mass is 16.2. The fraction of sp³-hybridized carbons (Fsp3) is 0.529. The normalized spacial score (nSPS) is 14.7. The molecule has 1 heterocycles. The van der Waals surface area contributed by atoms with Gasteiger partial charge in [0, 0.05) is 11.8 Å². The summed E-state index contributed by atoms with van der Waals surface area (Å²) in [7, 11) is 0. The summed E-state index contributed by atoms with van der Waals surface area (Å²) in [5, 5.41) is 0. The van der Waals surface area contributed by atoms with E-state index in [4.69, 9.17) is 0 Å². The molecule has 0 atom stereocenters. The number of rotatable bonds is 6. The summed E-state index contributed by atoms with van der Waals surface area (Å²) in [6, 6.07) is 7.08. The van der Waals surface area contributed by atoms with Gasteiger partial charge in [-0.05, 0) is 12.1 Å². The highest BCUT2D eigenvalue weighted by Gasteiger charge is 2.37. The summed E-state index contributed by atoms with van der Waals surface area (Å²) in [4.78, 5) is 27.5. The maximum absolute atomic E-state index is 12.4. The highest BCUT2D eigenvalue weighted by molar-refractivity contribution is 6.21. The molecule has 0 radical (unpaired) electrons. The van der Waals surface area contributed by atoms with Gasteiger partial charge in [0.15, 0.2) is 6.67 Å². The van der Waals surface area contributed by atoms with Gasteiger partial charge in [0.05, 0.1) is 24.2 Å². The van der Waals surface area contributed by atoms with Crippen LogP contribution in [0, 0.1) is 11.8 Å². The van der Waals surface area contributed by atoms with Crippen molar-refractivity contribution >= 4 is 11.8 Å². The SMILES string of the molecule is CC(C)C[NH+](CC(C)C)CN1C(=O)c2ccccc2C1=O. The first-order valence-corrected chi connectivity index (χ1v) is 7.69. The number of fused-ring (bicyclic) bond motifs is 1. The molecule has 0 saturated carbocycles. The Hall–Kier alpha value is -1.68. The van der Waals surface area contributed by atoms with Crippen molar-refractivity contribution in [2.24, 2.45) is 11.8 Å². The topological polar surface area (TPSA) is 41.8 Å². The zero-order valence-corrected chi connectivity index (χ0v) is 13.3. The fourth-order valence-electron chi connectivity index (χ4n) is 2.97. The number of hydrogen-bond acceptors (Lipinski definition) is 2. The minimum absolute atomic E-state index is 0.152. The second kappa shape index (κ2) is 6.39. The van der Waals surface area contributed by atoms with Crippen LogP contribution in [-0.2, 0) is 0 Å². The van der Waals surface area contributed by atoms with Crippen molar-refractivity contribution in [1.29, 1.82) is 0 Å². The second-order valence-electron chi connectivity index (χ2n) is 6.69. The Morgan fingerprint density at radius 2 is 1.33 bits per heavy atom. The summed E-state index contributed by atoms with van der Waals surface area (Å²) in [6.45, 7) is 11.1. The highest BCUT2D eigenvalue weighted by Crippen LogP contribution is 2.21. The molecule has 0 bridgehead atoms. The number of amides is 2. The minimum atomic E-state index is -0.152. The molecule has 0 fully saturated rings. The molecule has 0 unspecified atom stereocenters. The van der Waals surface area contributed by atoms with Crippen LogP contribution in [0.25, 0.3) is 0 Å². The fourth-order valence-corrected chi connectivity index (χ4v) is 2.97. The largest absolute Gasteiger partial charge is 0.317 e. The lowest BCUT2D eigenvalue weighted by Gasteiger charge is -2.26. The van der Waals surface area contributed by atoms with Crippen molar-refractivity contribution < 1.29 is 14.5 Å². The molecular formula is C17H25N2O2+. The van der Waals surface area contributed by atoms with E-state index in [0.29, 0.717) is 29.6 Å². The van der Waals surface area contributed by atoms with Gasteiger partial charge in [-0.2, -0.15) is 0 Å². The lowest BCUT2D eigenvalue weighted by atomic mass is 10.1. The van der Waals surface area contributed by atoms with E-state index in [1.165, 1.54) is 9.80 Å². The van der Waals surface area contributed by atoms with E-state index in [1.54, 1.807) is 24.3 Å². The first kappa shape index (κ1) is 15.7. The summed E-state index contributed by atoms with van der Waals surface area (Å²) < 4.78 is 0. The molecule has 4 heteroatoms. The predicted octanol–water partition coefficient (Wildman–Crippen LogP) is 1.44. The van der Waals surface area contributed by atoms with Gasteiger partial charge in [0.2, 0.25) is 0 Å². The van der Waals surface area contributed by atoms with Gasteiger partial charge >= 0.3 is 0 Å². The number of hydrogen-bond donors (Lipinski definition) is 1. The van der Waals surface area contributed by atoms with Crippen LogP contribution in [0.4, 0.5) is 0 Å². The molecule has 1 N–H and O–H groups in total. The third-order valence-corrected chi connectivity index (χ3v) is 3.65. The van der Waals surface area contributed by atoms with Crippen LogP contribution < -0.4 is 4.90 Å². The van der Waals surface area contributed by atoms with Crippen molar-refractivity contribution in [3.05, 3.63) is 35.4 Å². The molecule has 0 aromatic heterocycles. The average Bonchev–Trinajstić information content (AvgIpc) is 2.63. The van der Waals surface area contributed by atoms with Crippen LogP contribution in [0.3, 0.4) is 0 Å². The van der Waals surface area contributed by atoms with Gasteiger partial charge < -0.3 is 4.90 Å². The zero-order valence-electron chi connectivity index (χ0n) is 13.3. The Bertz CT molecular complexity index is 492. The van der Waals surface area contributed by atoms with Gasteiger partial charge in [-0.1, -0.05) is 39.8 Å². The third kappa shape index (κ3) is 3.50. The van der Waals surface area contributed by atoms with Gasteiger partial charge in [0.25, 0.3) is 11.8 Å². The number of nitrogens with zero attached hydrogens (tertiary/aromatic N) is 1. The van der Waals surface area contributed by atoms with Crippen molar-refractivity contribution in [3.63, 3.8) is 0 Å². The smallest absolute Gasteiger partial charge is 0.265 e. The van der Waals surface area contributed by atoms with Crippen LogP contribution >= 0.6 is 0 Å². The van der Waals surface area contributed by atoms with Crippen LogP contribution in [-0.4, -0.2) is 36.5 Å². The Labute approximate surface area is 126 Å². The molecule has 1 aliphatic heterocycles. The second-order valence-corrected chi connectivity index (χ2v) is 6.69. The number of quaternary nitrogens is 1. The monoisotopic (exact) mass is 289 g/mol. The number of nitrogens with one attached hydrogen (secondary N) is 1.